The molecule has 0 radical (unpaired) electrons. The first kappa shape index (κ1) is 48.7. The fourth-order valence-electron chi connectivity index (χ4n) is 5.86. The third-order valence-corrected chi connectivity index (χ3v) is 8.69. The van der Waals surface area contributed by atoms with Crippen molar-refractivity contribution >= 4 is 11.9 Å². The van der Waals surface area contributed by atoms with Crippen LogP contribution in [0.5, 0.6) is 23.0 Å². The van der Waals surface area contributed by atoms with E-state index in [4.69, 9.17) is 39.6 Å². The zero-order valence-corrected chi connectivity index (χ0v) is 35.4. The maximum absolute atomic E-state index is 12.4. The molecule has 0 unspecified atom stereocenters. The number of aromatic nitrogens is 4. The molecule has 0 aliphatic rings. The lowest BCUT2D eigenvalue weighted by molar-refractivity contribution is -0.0000381. The number of benzene rings is 4. The zero-order chi connectivity index (χ0) is 43.3. The molecule has 61 heavy (non-hydrogen) atoms. The van der Waals surface area contributed by atoms with E-state index in [0.29, 0.717) is 42.0 Å². The van der Waals surface area contributed by atoms with Crippen molar-refractivity contribution in [2.45, 2.75) is 12.8 Å². The van der Waals surface area contributed by atoms with Crippen LogP contribution < -0.4 is 42.4 Å². The van der Waals surface area contributed by atoms with Gasteiger partial charge >= 0.3 is 5.97 Å². The number of ether oxygens (including phenoxy) is 5. The molecule has 0 spiro atoms. The topological polar surface area (TPSA) is 210 Å². The van der Waals surface area contributed by atoms with Crippen molar-refractivity contribution in [2.75, 3.05) is 61.9 Å². The second kappa shape index (κ2) is 25.8. The van der Waals surface area contributed by atoms with Gasteiger partial charge < -0.3 is 57.4 Å². The van der Waals surface area contributed by atoms with E-state index in [1.165, 1.54) is 34.0 Å². The van der Waals surface area contributed by atoms with E-state index >= 15 is 0 Å². The third kappa shape index (κ3) is 14.0. The Morgan fingerprint density at radius 2 is 1.03 bits per heavy atom. The number of esters is 1. The summed E-state index contributed by atoms with van der Waals surface area (Å²) in [5, 5.41) is 19.3. The van der Waals surface area contributed by atoms with Crippen LogP contribution in [0.4, 0.5) is 0 Å². The van der Waals surface area contributed by atoms with Crippen LogP contribution in [-0.2, 0) is 17.6 Å². The molecule has 0 saturated heterocycles. The number of methoxy groups -OCH3 is 5. The van der Waals surface area contributed by atoms with Gasteiger partial charge in [-0.25, -0.2) is 24.7 Å². The van der Waals surface area contributed by atoms with E-state index in [0.717, 1.165) is 56.5 Å². The second-order valence-corrected chi connectivity index (χ2v) is 12.6. The summed E-state index contributed by atoms with van der Waals surface area (Å²) in [4.78, 5) is 41.8. The summed E-state index contributed by atoms with van der Waals surface area (Å²) in [6.07, 6.45) is 4.12. The number of aliphatic hydroxyl groups excluding tert-OH is 2. The van der Waals surface area contributed by atoms with Crippen molar-refractivity contribution in [1.82, 2.24) is 25.3 Å². The molecule has 6 rings (SSSR count). The number of nitrogens with zero attached hydrogens (tertiary/aromatic N) is 4. The van der Waals surface area contributed by atoms with Gasteiger partial charge in [0, 0.05) is 48.4 Å². The van der Waals surface area contributed by atoms with Crippen molar-refractivity contribution < 1.29 is 55.9 Å². The number of hydrogen-bond donors (Lipinski definition) is 4. The van der Waals surface area contributed by atoms with Crippen molar-refractivity contribution in [2.24, 2.45) is 5.73 Å². The molecule has 0 aliphatic carbocycles. The molecule has 15 nitrogen and oxygen atoms in total. The summed E-state index contributed by atoms with van der Waals surface area (Å²) in [6, 6.07) is 30.0. The number of nitrogens with one attached hydrogen (secondary N) is 1. The summed E-state index contributed by atoms with van der Waals surface area (Å²) >= 11 is 0. The molecule has 4 aromatic carbocycles. The lowest BCUT2D eigenvalue weighted by Gasteiger charge is -2.11. The van der Waals surface area contributed by atoms with Crippen LogP contribution in [0.15, 0.2) is 110 Å². The molecule has 0 fully saturated rings. The van der Waals surface area contributed by atoms with Crippen molar-refractivity contribution in [3.63, 3.8) is 0 Å². The van der Waals surface area contributed by atoms with Gasteiger partial charge in [-0.1, -0.05) is 36.4 Å². The van der Waals surface area contributed by atoms with Gasteiger partial charge in [-0.2, -0.15) is 0 Å². The van der Waals surface area contributed by atoms with Gasteiger partial charge in [0.25, 0.3) is 5.91 Å². The summed E-state index contributed by atoms with van der Waals surface area (Å²) in [5.41, 5.74) is 12.4. The van der Waals surface area contributed by atoms with Crippen LogP contribution in [0.2, 0.25) is 0 Å². The highest BCUT2D eigenvalue weighted by atomic mass is 35.5. The van der Waals surface area contributed by atoms with Crippen LogP contribution in [0.1, 0.15) is 43.2 Å². The van der Waals surface area contributed by atoms with Gasteiger partial charge in [0.2, 0.25) is 0 Å². The third-order valence-electron chi connectivity index (χ3n) is 8.69. The SMILES string of the molecule is COC(=O)c1cc(Cc2cc(-c3ccccc3OC)ncn2)ccc1OC.COc1ccc(Cc2cc(-c3ccccc3OC)ncn2)cc1C(=O)NCCO.NCCO.[Cl-]. The van der Waals surface area contributed by atoms with E-state index in [9.17, 15) is 9.59 Å². The molecule has 6 aromatic rings. The van der Waals surface area contributed by atoms with Crippen LogP contribution in [0.25, 0.3) is 22.5 Å². The minimum absolute atomic E-state index is 0. The number of halogens is 1. The first-order chi connectivity index (χ1) is 29.2. The normalized spacial score (nSPS) is 10.0. The Balaban J connectivity index is 0.000000295. The van der Waals surface area contributed by atoms with Crippen molar-refractivity contribution in [3.8, 4) is 45.5 Å². The number of nitrogens with two attached hydrogens (primary N) is 1. The first-order valence-corrected chi connectivity index (χ1v) is 18.7. The number of para-hydroxylation sites is 2. The van der Waals surface area contributed by atoms with Gasteiger partial charge in [-0.15, -0.1) is 0 Å². The van der Waals surface area contributed by atoms with E-state index in [1.807, 2.05) is 72.8 Å². The van der Waals surface area contributed by atoms with Gasteiger partial charge in [0.15, 0.2) is 0 Å². The predicted molar refractivity (Wildman–Crippen MR) is 227 cm³/mol. The quantitative estimate of drug-likeness (QED) is 0.109. The monoisotopic (exact) mass is 853 g/mol. The number of carbonyl (C=O) groups excluding carboxylic acids is 2. The van der Waals surface area contributed by atoms with Gasteiger partial charge in [0.1, 0.15) is 41.2 Å². The summed E-state index contributed by atoms with van der Waals surface area (Å²) in [6.45, 7) is 0.529. The van der Waals surface area contributed by atoms with E-state index < -0.39 is 5.97 Å². The average molecular weight is 854 g/mol. The maximum atomic E-state index is 12.4. The molecule has 16 heteroatoms. The predicted octanol–water partition coefficient (Wildman–Crippen LogP) is 1.95. The molecular weight excluding hydrogens is 804 g/mol. The molecular formula is C45H50ClN6O9-. The molecule has 322 valence electrons. The van der Waals surface area contributed by atoms with Crippen molar-refractivity contribution in [3.05, 3.63) is 143 Å². The highest BCUT2D eigenvalue weighted by Crippen LogP contribution is 2.30. The second-order valence-electron chi connectivity index (χ2n) is 12.6. The Kier molecular flexibility index (Phi) is 20.6. The first-order valence-electron chi connectivity index (χ1n) is 18.7. The number of rotatable bonds is 15. The molecule has 2 heterocycles. The Bertz CT molecular complexity index is 2310. The highest BCUT2D eigenvalue weighted by molar-refractivity contribution is 5.97. The molecule has 1 amide bonds. The number of aliphatic hydroxyl groups is 2. The summed E-state index contributed by atoms with van der Waals surface area (Å²) in [5.74, 6) is 1.70. The number of hydrogen-bond acceptors (Lipinski definition) is 14. The zero-order valence-electron chi connectivity index (χ0n) is 34.6. The molecule has 5 N–H and O–H groups in total. The van der Waals surface area contributed by atoms with Gasteiger partial charge in [-0.05, 0) is 71.8 Å². The molecule has 0 aliphatic heterocycles. The van der Waals surface area contributed by atoms with Crippen LogP contribution in [-0.4, -0.2) is 104 Å². The Hall–Kier alpha value is -6.65. The van der Waals surface area contributed by atoms with E-state index in [-0.39, 0.29) is 38.1 Å². The fraction of sp³-hybridized carbons (Fsp3) is 0.244. The van der Waals surface area contributed by atoms with Crippen LogP contribution in [0.3, 0.4) is 0 Å². The van der Waals surface area contributed by atoms with Crippen LogP contribution >= 0.6 is 0 Å². The Morgan fingerprint density at radius 1 is 0.590 bits per heavy atom. The smallest absolute Gasteiger partial charge is 0.341 e. The lowest BCUT2D eigenvalue weighted by Crippen LogP contribution is -3.00. The molecule has 0 atom stereocenters. The number of carbonyl (C=O) groups is 2. The van der Waals surface area contributed by atoms with Crippen molar-refractivity contribution in [1.29, 1.82) is 0 Å². The minimum atomic E-state index is -0.439. The Labute approximate surface area is 361 Å². The van der Waals surface area contributed by atoms with Crippen LogP contribution in [0, 0.1) is 0 Å². The molecule has 0 saturated carbocycles. The van der Waals surface area contributed by atoms with Gasteiger partial charge in [0.05, 0.1) is 65.7 Å². The highest BCUT2D eigenvalue weighted by Gasteiger charge is 2.16. The summed E-state index contributed by atoms with van der Waals surface area (Å²) < 4.78 is 26.2. The molecule has 2 aromatic heterocycles. The van der Waals surface area contributed by atoms with E-state index in [1.54, 1.807) is 38.5 Å². The summed E-state index contributed by atoms with van der Waals surface area (Å²) in [7, 11) is 7.64. The molecule has 0 bridgehead atoms. The van der Waals surface area contributed by atoms with E-state index in [2.05, 4.69) is 25.3 Å². The Morgan fingerprint density at radius 3 is 1.46 bits per heavy atom. The average Bonchev–Trinajstić information content (AvgIpc) is 3.30. The van der Waals surface area contributed by atoms with Gasteiger partial charge in [-0.3, -0.25) is 4.79 Å². The minimum Gasteiger partial charge on any atom is -1.00 e. The fourth-order valence-corrected chi connectivity index (χ4v) is 5.86. The standard InChI is InChI=1S/C22H23N3O4.C21H20N2O4.C2H7NO.ClH/c1-28-20-6-4-3-5-17(20)19-13-16(24-14-25-19)11-15-7-8-21(29-2)18(12-15)22(27)23-9-10-26;1-25-19-7-5-4-6-16(19)18-12-15(22-13-23-18)10-14-8-9-20(26-2)17(11-14)21(24)27-3;3-1-2-4;/h3-8,12-14,26H,9-11H2,1-2H3,(H,23,27);4-9,11-13H,10H2,1-3H3;4H,1-3H2;1H/p-1. The largest absolute Gasteiger partial charge is 1.00 e. The number of amides is 1. The maximum Gasteiger partial charge on any atom is 0.341 e. The lowest BCUT2D eigenvalue weighted by atomic mass is 10.0.